The fourth-order valence-corrected chi connectivity index (χ4v) is 1.19. The molecule has 0 saturated heterocycles. The van der Waals surface area contributed by atoms with Crippen molar-refractivity contribution in [2.45, 2.75) is 19.4 Å². The van der Waals surface area contributed by atoms with E-state index in [9.17, 15) is 4.79 Å². The summed E-state index contributed by atoms with van der Waals surface area (Å²) in [5.74, 6) is 0.0739. The minimum absolute atomic E-state index is 0. The number of anilines is 1. The molecule has 0 fully saturated rings. The summed E-state index contributed by atoms with van der Waals surface area (Å²) in [4.78, 5) is 11.7. The number of pyridine rings is 1. The highest BCUT2D eigenvalue weighted by molar-refractivity contribution is 5.96. The van der Waals surface area contributed by atoms with Crippen LogP contribution in [0.2, 0.25) is 0 Å². The Morgan fingerprint density at radius 2 is 2.00 bits per heavy atom. The van der Waals surface area contributed by atoms with Gasteiger partial charge >= 0.3 is 0 Å². The summed E-state index contributed by atoms with van der Waals surface area (Å²) >= 11 is 0. The van der Waals surface area contributed by atoms with Crippen LogP contribution >= 0.6 is 24.8 Å². The molecule has 0 bridgehead atoms. The van der Waals surface area contributed by atoms with E-state index >= 15 is 0 Å². The number of carbonyl (C=O) groups is 1. The maximum absolute atomic E-state index is 11.7. The lowest BCUT2D eigenvalue weighted by Gasteiger charge is -2.16. The monoisotopic (exact) mass is 291 g/mol. The van der Waals surface area contributed by atoms with E-state index in [1.807, 2.05) is 12.1 Å². The van der Waals surface area contributed by atoms with E-state index in [2.05, 4.69) is 15.5 Å². The molecule has 0 aromatic carbocycles. The first kappa shape index (κ1) is 16.6. The first-order valence-corrected chi connectivity index (χ1v) is 4.88. The van der Waals surface area contributed by atoms with Gasteiger partial charge in [0.1, 0.15) is 0 Å². The van der Waals surface area contributed by atoms with Gasteiger partial charge in [0.05, 0.1) is 5.54 Å². The fraction of sp³-hybridized carbons (Fsp3) is 0.300. The summed E-state index contributed by atoms with van der Waals surface area (Å²) in [6, 6.07) is 5.48. The second-order valence-corrected chi connectivity index (χ2v) is 4.13. The van der Waals surface area contributed by atoms with Crippen LogP contribution < -0.4 is 11.1 Å². The third kappa shape index (κ3) is 3.32. The summed E-state index contributed by atoms with van der Waals surface area (Å²) < 4.78 is 1.68. The molecule has 2 aromatic heterocycles. The number of carbonyl (C=O) groups excluding carboxylic acids is 1. The van der Waals surface area contributed by atoms with Crippen molar-refractivity contribution in [3.63, 3.8) is 0 Å². The molecular formula is C10H15Cl2N5O. The zero-order valence-corrected chi connectivity index (χ0v) is 11.6. The van der Waals surface area contributed by atoms with Gasteiger partial charge in [-0.3, -0.25) is 14.5 Å². The minimum Gasteiger partial charge on any atom is -0.318 e. The van der Waals surface area contributed by atoms with Crippen molar-refractivity contribution in [3.8, 4) is 0 Å². The minimum atomic E-state index is -0.944. The highest BCUT2D eigenvalue weighted by atomic mass is 35.5. The van der Waals surface area contributed by atoms with Crippen LogP contribution in [-0.2, 0) is 4.79 Å². The van der Waals surface area contributed by atoms with Gasteiger partial charge in [0.15, 0.2) is 5.65 Å². The third-order valence-electron chi connectivity index (χ3n) is 2.12. The number of rotatable bonds is 2. The molecule has 2 heterocycles. The van der Waals surface area contributed by atoms with Gasteiger partial charge in [-0.15, -0.1) is 35.0 Å². The molecule has 0 radical (unpaired) electrons. The normalized spacial score (nSPS) is 10.4. The zero-order chi connectivity index (χ0) is 11.8. The Kier molecular flexibility index (Phi) is 5.54. The lowest BCUT2D eigenvalue weighted by molar-refractivity contribution is -0.120. The lowest BCUT2D eigenvalue weighted by atomic mass is 10.1. The van der Waals surface area contributed by atoms with Crippen molar-refractivity contribution < 1.29 is 4.79 Å². The molecule has 100 valence electrons. The van der Waals surface area contributed by atoms with Crippen LogP contribution in [0.3, 0.4) is 0 Å². The van der Waals surface area contributed by atoms with Gasteiger partial charge in [0.25, 0.3) is 0 Å². The van der Waals surface area contributed by atoms with Gasteiger partial charge in [-0.05, 0) is 26.0 Å². The largest absolute Gasteiger partial charge is 0.318 e. The zero-order valence-electron chi connectivity index (χ0n) is 9.95. The molecular weight excluding hydrogens is 277 g/mol. The van der Waals surface area contributed by atoms with Gasteiger partial charge < -0.3 is 5.73 Å². The Hall–Kier alpha value is -1.37. The van der Waals surface area contributed by atoms with E-state index < -0.39 is 5.54 Å². The topological polar surface area (TPSA) is 85.3 Å². The van der Waals surface area contributed by atoms with Crippen molar-refractivity contribution in [1.29, 1.82) is 0 Å². The number of hydrogen-bond acceptors (Lipinski definition) is 4. The summed E-state index contributed by atoms with van der Waals surface area (Å²) in [6.45, 7) is 3.26. The maximum atomic E-state index is 11.7. The number of hydrogen-bond donors (Lipinski definition) is 2. The van der Waals surface area contributed by atoms with Crippen molar-refractivity contribution in [3.05, 3.63) is 24.4 Å². The van der Waals surface area contributed by atoms with Crippen molar-refractivity contribution in [2.24, 2.45) is 5.73 Å². The van der Waals surface area contributed by atoms with E-state index in [-0.39, 0.29) is 30.7 Å². The summed E-state index contributed by atoms with van der Waals surface area (Å²) in [5.41, 5.74) is 5.40. The predicted molar refractivity (Wildman–Crippen MR) is 74.4 cm³/mol. The van der Waals surface area contributed by atoms with Crippen LogP contribution in [-0.4, -0.2) is 26.0 Å². The highest BCUT2D eigenvalue weighted by Gasteiger charge is 2.23. The smallest absolute Gasteiger partial charge is 0.246 e. The van der Waals surface area contributed by atoms with Crippen LogP contribution in [0.4, 0.5) is 5.95 Å². The second kappa shape index (κ2) is 5.99. The van der Waals surface area contributed by atoms with E-state index in [1.54, 1.807) is 30.5 Å². The molecule has 18 heavy (non-hydrogen) atoms. The average Bonchev–Trinajstić information content (AvgIpc) is 2.61. The molecule has 0 spiro atoms. The Labute approximate surface area is 117 Å². The van der Waals surface area contributed by atoms with Gasteiger partial charge in [-0.25, -0.2) is 0 Å². The van der Waals surface area contributed by atoms with Gasteiger partial charge in [0, 0.05) is 6.20 Å². The third-order valence-corrected chi connectivity index (χ3v) is 2.12. The molecule has 1 amide bonds. The number of aromatic nitrogens is 3. The van der Waals surface area contributed by atoms with Crippen molar-refractivity contribution >= 4 is 42.3 Å². The van der Waals surface area contributed by atoms with E-state index in [4.69, 9.17) is 5.73 Å². The molecule has 0 saturated carbocycles. The lowest BCUT2D eigenvalue weighted by Crippen LogP contribution is -2.45. The first-order chi connectivity index (χ1) is 7.48. The Balaban J connectivity index is 0.00000144. The van der Waals surface area contributed by atoms with Crippen LogP contribution in [0.25, 0.3) is 5.65 Å². The van der Waals surface area contributed by atoms with Crippen LogP contribution in [0.15, 0.2) is 24.4 Å². The molecule has 0 aliphatic heterocycles. The number of halogens is 2. The van der Waals surface area contributed by atoms with Gasteiger partial charge in [-0.2, -0.15) is 0 Å². The summed E-state index contributed by atoms with van der Waals surface area (Å²) in [5, 5.41) is 10.4. The van der Waals surface area contributed by atoms with Crippen LogP contribution in [0, 0.1) is 0 Å². The van der Waals surface area contributed by atoms with Crippen LogP contribution in [0.1, 0.15) is 13.8 Å². The first-order valence-electron chi connectivity index (χ1n) is 4.88. The second-order valence-electron chi connectivity index (χ2n) is 4.13. The fourth-order valence-electron chi connectivity index (χ4n) is 1.19. The number of amides is 1. The molecule has 2 rings (SSSR count). The highest BCUT2D eigenvalue weighted by Crippen LogP contribution is 2.09. The molecule has 0 aliphatic rings. The number of fused-ring (bicyclic) bond motifs is 1. The molecule has 2 aromatic rings. The standard InChI is InChI=1S/C10H13N5O.2ClH/c1-10(2,11)8(16)12-9-14-13-7-5-3-4-6-15(7)9;;/h3-6H,11H2,1-2H3,(H,12,14,16);2*1H. The molecule has 0 aliphatic carbocycles. The average molecular weight is 292 g/mol. The van der Waals surface area contributed by atoms with Crippen molar-refractivity contribution in [1.82, 2.24) is 14.6 Å². The van der Waals surface area contributed by atoms with Gasteiger partial charge in [-0.1, -0.05) is 6.07 Å². The Bertz CT molecular complexity index is 534. The van der Waals surface area contributed by atoms with Gasteiger partial charge in [0.2, 0.25) is 11.9 Å². The summed E-state index contributed by atoms with van der Waals surface area (Å²) in [6.07, 6.45) is 1.77. The molecule has 8 heteroatoms. The van der Waals surface area contributed by atoms with Crippen molar-refractivity contribution in [2.75, 3.05) is 5.32 Å². The summed E-state index contributed by atoms with van der Waals surface area (Å²) in [7, 11) is 0. The predicted octanol–water partition coefficient (Wildman–Crippen LogP) is 1.25. The molecule has 6 nitrogen and oxygen atoms in total. The van der Waals surface area contributed by atoms with E-state index in [0.29, 0.717) is 11.6 Å². The Morgan fingerprint density at radius 1 is 1.33 bits per heavy atom. The Morgan fingerprint density at radius 3 is 2.61 bits per heavy atom. The SMILES string of the molecule is CC(C)(N)C(=O)Nc1nnc2ccccn12.Cl.Cl. The number of nitrogens with two attached hydrogens (primary N) is 1. The molecule has 0 atom stereocenters. The van der Waals surface area contributed by atoms with Crippen LogP contribution in [0.5, 0.6) is 0 Å². The molecule has 3 N–H and O–H groups in total. The van der Waals surface area contributed by atoms with E-state index in [1.165, 1.54) is 0 Å². The molecule has 0 unspecified atom stereocenters. The number of nitrogens with one attached hydrogen (secondary N) is 1. The number of nitrogens with zero attached hydrogens (tertiary/aromatic N) is 3. The quantitative estimate of drug-likeness (QED) is 0.872. The maximum Gasteiger partial charge on any atom is 0.246 e. The van der Waals surface area contributed by atoms with E-state index in [0.717, 1.165) is 0 Å².